The highest BCUT2D eigenvalue weighted by Crippen LogP contribution is 2.48. The van der Waals surface area contributed by atoms with Crippen molar-refractivity contribution in [2.45, 2.75) is 25.7 Å². The highest BCUT2D eigenvalue weighted by Gasteiger charge is 2.55. The first-order valence-electron chi connectivity index (χ1n) is 8.42. The first-order chi connectivity index (χ1) is 12.1. The number of benzene rings is 1. The van der Waals surface area contributed by atoms with Gasteiger partial charge in [-0.05, 0) is 46.9 Å². The molecule has 0 radical (unpaired) electrons. The van der Waals surface area contributed by atoms with E-state index in [-0.39, 0.29) is 18.2 Å². The monoisotopic (exact) mass is 341 g/mol. The Morgan fingerprint density at radius 2 is 2.08 bits per heavy atom. The number of hydrogen-bond donors (Lipinski definition) is 1. The van der Waals surface area contributed by atoms with Gasteiger partial charge in [0.15, 0.2) is 0 Å². The summed E-state index contributed by atoms with van der Waals surface area (Å²) in [7, 11) is 0. The average molecular weight is 341 g/mol. The number of fused-ring (bicyclic) bond motifs is 1. The molecule has 2 aliphatic rings. The average Bonchev–Trinajstić information content (AvgIpc) is 3.31. The van der Waals surface area contributed by atoms with Crippen LogP contribution in [0.15, 0.2) is 30.6 Å². The van der Waals surface area contributed by atoms with Crippen LogP contribution in [0.2, 0.25) is 0 Å². The SMILES string of the molecule is O=C(Cc1ccc(-n2cnnn2)cc1)N1C[C@@H]2CCC[C@@]2(C(=O)O)C1. The van der Waals surface area contributed by atoms with Crippen molar-refractivity contribution in [2.75, 3.05) is 13.1 Å². The maximum atomic E-state index is 12.6. The van der Waals surface area contributed by atoms with Crippen molar-refractivity contribution in [3.05, 3.63) is 36.2 Å². The molecule has 2 aromatic rings. The Kier molecular flexibility index (Phi) is 3.74. The molecule has 1 saturated carbocycles. The molecule has 2 atom stereocenters. The molecule has 2 heterocycles. The van der Waals surface area contributed by atoms with Gasteiger partial charge < -0.3 is 10.0 Å². The van der Waals surface area contributed by atoms with Gasteiger partial charge in [-0.15, -0.1) is 5.10 Å². The predicted molar refractivity (Wildman–Crippen MR) is 86.8 cm³/mol. The van der Waals surface area contributed by atoms with E-state index in [0.717, 1.165) is 24.1 Å². The third kappa shape index (κ3) is 2.67. The molecule has 1 aliphatic carbocycles. The molecule has 8 heteroatoms. The molecule has 1 amide bonds. The van der Waals surface area contributed by atoms with E-state index in [0.29, 0.717) is 19.5 Å². The standard InChI is InChI=1S/C17H19N5O3/c23-15(21-9-13-2-1-7-17(13,10-21)16(24)25)8-12-3-5-14(6-4-12)22-11-18-19-20-22/h3-6,11,13H,1-2,7-10H2,(H,24,25)/t13-,17+/m0/s1. The van der Waals surface area contributed by atoms with Crippen LogP contribution in [0.4, 0.5) is 0 Å². The molecule has 1 saturated heterocycles. The van der Waals surface area contributed by atoms with Gasteiger partial charge in [0.05, 0.1) is 17.5 Å². The van der Waals surface area contributed by atoms with Crippen molar-refractivity contribution < 1.29 is 14.7 Å². The number of carboxylic acid groups (broad SMARTS) is 1. The van der Waals surface area contributed by atoms with Gasteiger partial charge in [-0.1, -0.05) is 18.6 Å². The van der Waals surface area contributed by atoms with Gasteiger partial charge in [0, 0.05) is 13.1 Å². The van der Waals surface area contributed by atoms with Crippen LogP contribution >= 0.6 is 0 Å². The molecule has 130 valence electrons. The maximum absolute atomic E-state index is 12.6. The van der Waals surface area contributed by atoms with E-state index in [1.807, 2.05) is 24.3 Å². The van der Waals surface area contributed by atoms with Gasteiger partial charge in [0.25, 0.3) is 0 Å². The van der Waals surface area contributed by atoms with E-state index >= 15 is 0 Å². The quantitative estimate of drug-likeness (QED) is 0.887. The van der Waals surface area contributed by atoms with Crippen LogP contribution in [0, 0.1) is 11.3 Å². The molecule has 4 rings (SSSR count). The van der Waals surface area contributed by atoms with E-state index in [4.69, 9.17) is 0 Å². The molecule has 1 N–H and O–H groups in total. The number of aliphatic carboxylic acids is 1. The third-order valence-corrected chi connectivity index (χ3v) is 5.55. The Morgan fingerprint density at radius 1 is 1.28 bits per heavy atom. The van der Waals surface area contributed by atoms with Crippen LogP contribution in [0.5, 0.6) is 0 Å². The molecule has 1 aliphatic heterocycles. The van der Waals surface area contributed by atoms with E-state index < -0.39 is 11.4 Å². The van der Waals surface area contributed by atoms with E-state index in [1.54, 1.807) is 9.58 Å². The zero-order valence-corrected chi connectivity index (χ0v) is 13.7. The molecule has 0 unspecified atom stereocenters. The number of carboxylic acids is 1. The minimum Gasteiger partial charge on any atom is -0.481 e. The summed E-state index contributed by atoms with van der Waals surface area (Å²) in [5, 5.41) is 20.6. The second kappa shape index (κ2) is 5.94. The molecular weight excluding hydrogens is 322 g/mol. The van der Waals surface area contributed by atoms with Gasteiger partial charge in [-0.2, -0.15) is 0 Å². The normalized spacial score (nSPS) is 25.1. The second-order valence-electron chi connectivity index (χ2n) is 6.92. The molecule has 0 spiro atoms. The van der Waals surface area contributed by atoms with E-state index in [9.17, 15) is 14.7 Å². The lowest BCUT2D eigenvalue weighted by atomic mass is 9.81. The smallest absolute Gasteiger partial charge is 0.311 e. The fourth-order valence-electron chi connectivity index (χ4n) is 4.16. The summed E-state index contributed by atoms with van der Waals surface area (Å²) in [6.45, 7) is 0.905. The lowest BCUT2D eigenvalue weighted by molar-refractivity contribution is -0.149. The van der Waals surface area contributed by atoms with Crippen LogP contribution in [-0.4, -0.2) is 55.2 Å². The molecule has 8 nitrogen and oxygen atoms in total. The Balaban J connectivity index is 1.43. The molecular formula is C17H19N5O3. The molecule has 25 heavy (non-hydrogen) atoms. The Bertz CT molecular complexity index is 789. The molecule has 0 bridgehead atoms. The van der Waals surface area contributed by atoms with Crippen molar-refractivity contribution in [1.82, 2.24) is 25.1 Å². The number of carbonyl (C=O) groups excluding carboxylic acids is 1. The maximum Gasteiger partial charge on any atom is 0.311 e. The molecule has 2 fully saturated rings. The van der Waals surface area contributed by atoms with Gasteiger partial charge in [0.2, 0.25) is 5.91 Å². The summed E-state index contributed by atoms with van der Waals surface area (Å²) < 4.78 is 1.55. The number of aromatic nitrogens is 4. The zero-order chi connectivity index (χ0) is 17.4. The van der Waals surface area contributed by atoms with Gasteiger partial charge in [0.1, 0.15) is 6.33 Å². The number of amides is 1. The molecule has 1 aromatic heterocycles. The third-order valence-electron chi connectivity index (χ3n) is 5.55. The van der Waals surface area contributed by atoms with Crippen molar-refractivity contribution in [2.24, 2.45) is 11.3 Å². The largest absolute Gasteiger partial charge is 0.481 e. The fourth-order valence-corrected chi connectivity index (χ4v) is 4.16. The number of hydrogen-bond acceptors (Lipinski definition) is 5. The van der Waals surface area contributed by atoms with Crippen LogP contribution in [0.1, 0.15) is 24.8 Å². The predicted octanol–water partition coefficient (Wildman–Crippen LogP) is 0.918. The lowest BCUT2D eigenvalue weighted by Crippen LogP contribution is -2.37. The molecule has 1 aromatic carbocycles. The number of nitrogens with zero attached hydrogens (tertiary/aromatic N) is 5. The summed E-state index contributed by atoms with van der Waals surface area (Å²) in [4.78, 5) is 26.1. The van der Waals surface area contributed by atoms with Crippen molar-refractivity contribution in [3.8, 4) is 5.69 Å². The summed E-state index contributed by atoms with van der Waals surface area (Å²) >= 11 is 0. The number of rotatable bonds is 4. The summed E-state index contributed by atoms with van der Waals surface area (Å²) in [6, 6.07) is 7.46. The van der Waals surface area contributed by atoms with Crippen LogP contribution < -0.4 is 0 Å². The summed E-state index contributed by atoms with van der Waals surface area (Å²) in [5.74, 6) is -0.669. The minimum absolute atomic E-state index is 0.00908. The first-order valence-corrected chi connectivity index (χ1v) is 8.42. The second-order valence-corrected chi connectivity index (χ2v) is 6.92. The number of tetrazole rings is 1. The lowest BCUT2D eigenvalue weighted by Gasteiger charge is -2.23. The topological polar surface area (TPSA) is 101 Å². The van der Waals surface area contributed by atoms with Crippen molar-refractivity contribution in [3.63, 3.8) is 0 Å². The summed E-state index contributed by atoms with van der Waals surface area (Å²) in [5.41, 5.74) is 0.990. The van der Waals surface area contributed by atoms with Crippen LogP contribution in [0.3, 0.4) is 0 Å². The van der Waals surface area contributed by atoms with Crippen molar-refractivity contribution >= 4 is 11.9 Å². The highest BCUT2D eigenvalue weighted by molar-refractivity contribution is 5.82. The number of likely N-dealkylation sites (tertiary alicyclic amines) is 1. The van der Waals surface area contributed by atoms with E-state index in [2.05, 4.69) is 15.5 Å². The van der Waals surface area contributed by atoms with Gasteiger partial charge >= 0.3 is 5.97 Å². The highest BCUT2D eigenvalue weighted by atomic mass is 16.4. The zero-order valence-electron chi connectivity index (χ0n) is 13.7. The minimum atomic E-state index is -0.754. The first kappa shape index (κ1) is 15.7. The van der Waals surface area contributed by atoms with Crippen LogP contribution in [0.25, 0.3) is 5.69 Å². The van der Waals surface area contributed by atoms with Crippen LogP contribution in [-0.2, 0) is 16.0 Å². The fraction of sp³-hybridized carbons (Fsp3) is 0.471. The van der Waals surface area contributed by atoms with Gasteiger partial charge in [-0.25, -0.2) is 4.68 Å². The Labute approximate surface area is 144 Å². The van der Waals surface area contributed by atoms with Gasteiger partial charge in [-0.3, -0.25) is 9.59 Å². The van der Waals surface area contributed by atoms with E-state index in [1.165, 1.54) is 6.33 Å². The Morgan fingerprint density at radius 3 is 2.72 bits per heavy atom. The Hall–Kier alpha value is -2.77. The summed E-state index contributed by atoms with van der Waals surface area (Å²) in [6.07, 6.45) is 4.30. The number of carbonyl (C=O) groups is 2. The van der Waals surface area contributed by atoms with Crippen molar-refractivity contribution in [1.29, 1.82) is 0 Å².